The number of carbonyl (C=O) groups excluding carboxylic acids is 1. The number of amides is 1. The van der Waals surface area contributed by atoms with Crippen LogP contribution in [-0.2, 0) is 4.79 Å². The molecule has 1 fully saturated rings. The lowest BCUT2D eigenvalue weighted by Gasteiger charge is -2.26. The first-order valence-corrected chi connectivity index (χ1v) is 8.43. The fraction of sp³-hybridized carbons (Fsp3) is 0.467. The van der Waals surface area contributed by atoms with Crippen LogP contribution in [0.25, 0.3) is 0 Å². The first-order valence-electron chi connectivity index (χ1n) is 7.44. The number of aromatic nitrogens is 4. The van der Waals surface area contributed by atoms with Crippen molar-refractivity contribution in [2.24, 2.45) is 0 Å². The molecule has 0 spiro atoms. The molecule has 3 rings (SSSR count). The summed E-state index contributed by atoms with van der Waals surface area (Å²) in [5.41, 5.74) is 0.921. The van der Waals surface area contributed by atoms with Crippen molar-refractivity contribution in [1.29, 1.82) is 0 Å². The zero-order valence-corrected chi connectivity index (χ0v) is 13.5. The molecule has 2 aromatic rings. The van der Waals surface area contributed by atoms with Crippen LogP contribution < -0.4 is 4.90 Å². The van der Waals surface area contributed by atoms with Gasteiger partial charge >= 0.3 is 0 Å². The van der Waals surface area contributed by atoms with E-state index >= 15 is 0 Å². The summed E-state index contributed by atoms with van der Waals surface area (Å²) in [6.45, 7) is 4.04. The van der Waals surface area contributed by atoms with Gasteiger partial charge in [-0.1, -0.05) is 30.0 Å². The monoisotopic (exact) mass is 317 g/mol. The number of carbonyl (C=O) groups is 1. The molecule has 0 saturated heterocycles. The summed E-state index contributed by atoms with van der Waals surface area (Å²) in [4.78, 5) is 14.4. The molecule has 1 heterocycles. The number of hydrogen-bond donors (Lipinski definition) is 0. The zero-order chi connectivity index (χ0) is 15.5. The zero-order valence-electron chi connectivity index (χ0n) is 12.7. The lowest BCUT2D eigenvalue weighted by atomic mass is 10.2. The van der Waals surface area contributed by atoms with E-state index < -0.39 is 0 Å². The minimum atomic E-state index is 0.0662. The first-order chi connectivity index (χ1) is 10.7. The maximum Gasteiger partial charge on any atom is 0.237 e. The molecule has 7 heteroatoms. The molecular weight excluding hydrogens is 298 g/mol. The molecule has 0 N–H and O–H groups in total. The van der Waals surface area contributed by atoms with Crippen LogP contribution in [0.4, 0.5) is 5.69 Å². The molecule has 0 bridgehead atoms. The number of para-hydroxylation sites is 1. The predicted molar refractivity (Wildman–Crippen MR) is 85.9 cm³/mol. The van der Waals surface area contributed by atoms with Gasteiger partial charge in [0.1, 0.15) is 0 Å². The Morgan fingerprint density at radius 1 is 1.36 bits per heavy atom. The van der Waals surface area contributed by atoms with E-state index in [9.17, 15) is 4.79 Å². The second-order valence-corrected chi connectivity index (χ2v) is 6.56. The summed E-state index contributed by atoms with van der Waals surface area (Å²) < 4.78 is 1.83. The lowest BCUT2D eigenvalue weighted by molar-refractivity contribution is -0.116. The van der Waals surface area contributed by atoms with Crippen molar-refractivity contribution >= 4 is 23.4 Å². The fourth-order valence-corrected chi connectivity index (χ4v) is 3.15. The van der Waals surface area contributed by atoms with E-state index in [0.29, 0.717) is 11.8 Å². The van der Waals surface area contributed by atoms with Crippen LogP contribution in [0, 0.1) is 0 Å². The molecule has 1 aliphatic rings. The number of nitrogens with zero attached hydrogens (tertiary/aromatic N) is 5. The highest BCUT2D eigenvalue weighted by Gasteiger charge is 2.28. The van der Waals surface area contributed by atoms with E-state index in [4.69, 9.17) is 0 Å². The van der Waals surface area contributed by atoms with Gasteiger partial charge in [-0.2, -0.15) is 0 Å². The maximum absolute atomic E-state index is 12.6. The molecule has 116 valence electrons. The molecule has 0 radical (unpaired) electrons. The standard InChI is InChI=1S/C15H19N5OS/c1-11(2)19(12-6-4-3-5-7-12)14(21)10-22-15-16-17-18-20(15)13-8-9-13/h3-7,11,13H,8-10H2,1-2H3. The molecule has 0 aliphatic heterocycles. The van der Waals surface area contributed by atoms with Crippen LogP contribution in [0.15, 0.2) is 35.5 Å². The minimum absolute atomic E-state index is 0.0662. The van der Waals surface area contributed by atoms with Gasteiger partial charge in [0.25, 0.3) is 0 Å². The van der Waals surface area contributed by atoms with Crippen molar-refractivity contribution in [3.05, 3.63) is 30.3 Å². The molecule has 0 atom stereocenters. The molecule has 0 unspecified atom stereocenters. The molecule has 1 saturated carbocycles. The van der Waals surface area contributed by atoms with Crippen LogP contribution in [0.3, 0.4) is 0 Å². The van der Waals surface area contributed by atoms with Crippen LogP contribution in [0.1, 0.15) is 32.7 Å². The number of thioether (sulfide) groups is 1. The van der Waals surface area contributed by atoms with Crippen molar-refractivity contribution in [1.82, 2.24) is 20.2 Å². The van der Waals surface area contributed by atoms with Gasteiger partial charge in [0.2, 0.25) is 11.1 Å². The smallest absolute Gasteiger partial charge is 0.237 e. The summed E-state index contributed by atoms with van der Waals surface area (Å²) in [7, 11) is 0. The number of hydrogen-bond acceptors (Lipinski definition) is 5. The Labute approximate surface area is 133 Å². The van der Waals surface area contributed by atoms with Gasteiger partial charge < -0.3 is 4.90 Å². The van der Waals surface area contributed by atoms with Gasteiger partial charge in [-0.3, -0.25) is 4.79 Å². The van der Waals surface area contributed by atoms with E-state index in [1.165, 1.54) is 11.8 Å². The van der Waals surface area contributed by atoms with E-state index in [1.54, 1.807) is 0 Å². The lowest BCUT2D eigenvalue weighted by Crippen LogP contribution is -2.38. The predicted octanol–water partition coefficient (Wildman–Crippen LogP) is 2.54. The highest BCUT2D eigenvalue weighted by atomic mass is 32.2. The number of tetrazole rings is 1. The Kier molecular flexibility index (Phi) is 4.42. The van der Waals surface area contributed by atoms with Gasteiger partial charge in [0.15, 0.2) is 0 Å². The Balaban J connectivity index is 1.68. The molecular formula is C15H19N5OS. The third-order valence-electron chi connectivity index (χ3n) is 3.50. The highest BCUT2D eigenvalue weighted by molar-refractivity contribution is 7.99. The van der Waals surface area contributed by atoms with E-state index in [-0.39, 0.29) is 11.9 Å². The Morgan fingerprint density at radius 3 is 2.73 bits per heavy atom. The van der Waals surface area contributed by atoms with Crippen molar-refractivity contribution in [2.75, 3.05) is 10.7 Å². The minimum Gasteiger partial charge on any atom is -0.309 e. The van der Waals surface area contributed by atoms with E-state index in [0.717, 1.165) is 23.7 Å². The summed E-state index contributed by atoms with van der Waals surface area (Å²) in [6.07, 6.45) is 2.24. The number of benzene rings is 1. The average Bonchev–Trinajstić information content (AvgIpc) is 3.24. The van der Waals surface area contributed by atoms with Gasteiger partial charge in [-0.25, -0.2) is 4.68 Å². The quantitative estimate of drug-likeness (QED) is 0.766. The molecule has 1 aromatic carbocycles. The molecule has 22 heavy (non-hydrogen) atoms. The summed E-state index contributed by atoms with van der Waals surface area (Å²) in [5.74, 6) is 0.400. The first kappa shape index (κ1) is 15.0. The van der Waals surface area contributed by atoms with Crippen molar-refractivity contribution in [3.8, 4) is 0 Å². The number of anilines is 1. The van der Waals surface area contributed by atoms with Crippen molar-refractivity contribution in [3.63, 3.8) is 0 Å². The fourth-order valence-electron chi connectivity index (χ4n) is 2.34. The van der Waals surface area contributed by atoms with Crippen LogP contribution in [0.5, 0.6) is 0 Å². The summed E-state index contributed by atoms with van der Waals surface area (Å²) in [5, 5.41) is 12.5. The average molecular weight is 317 g/mol. The van der Waals surface area contributed by atoms with Crippen molar-refractivity contribution < 1.29 is 4.79 Å². The third-order valence-corrected chi connectivity index (χ3v) is 4.42. The maximum atomic E-state index is 12.6. The van der Waals surface area contributed by atoms with Gasteiger partial charge in [0.05, 0.1) is 11.8 Å². The summed E-state index contributed by atoms with van der Waals surface area (Å²) in [6, 6.07) is 10.3. The van der Waals surface area contributed by atoms with Crippen LogP contribution in [0.2, 0.25) is 0 Å². The SMILES string of the molecule is CC(C)N(C(=O)CSc1nnnn1C1CC1)c1ccccc1. The van der Waals surface area contributed by atoms with Crippen LogP contribution >= 0.6 is 11.8 Å². The third kappa shape index (κ3) is 3.30. The van der Waals surface area contributed by atoms with Gasteiger partial charge in [-0.05, 0) is 49.2 Å². The summed E-state index contributed by atoms with van der Waals surface area (Å²) >= 11 is 1.41. The van der Waals surface area contributed by atoms with Crippen LogP contribution in [-0.4, -0.2) is 37.9 Å². The van der Waals surface area contributed by atoms with E-state index in [2.05, 4.69) is 15.5 Å². The normalized spacial score (nSPS) is 14.3. The van der Waals surface area contributed by atoms with Gasteiger partial charge in [0, 0.05) is 11.7 Å². The molecule has 1 aromatic heterocycles. The topological polar surface area (TPSA) is 63.9 Å². The molecule has 1 aliphatic carbocycles. The second-order valence-electron chi connectivity index (χ2n) is 5.62. The molecule has 6 nitrogen and oxygen atoms in total. The largest absolute Gasteiger partial charge is 0.309 e. The number of rotatable bonds is 6. The Bertz CT molecular complexity index is 638. The highest BCUT2D eigenvalue weighted by Crippen LogP contribution is 2.36. The molecule has 1 amide bonds. The van der Waals surface area contributed by atoms with Crippen molar-refractivity contribution in [2.45, 2.75) is 43.9 Å². The Hall–Kier alpha value is -1.89. The van der Waals surface area contributed by atoms with E-state index in [1.807, 2.05) is 53.8 Å². The second kappa shape index (κ2) is 6.48. The van der Waals surface area contributed by atoms with Gasteiger partial charge in [-0.15, -0.1) is 5.10 Å². The Morgan fingerprint density at radius 2 is 2.09 bits per heavy atom.